The van der Waals surface area contributed by atoms with Gasteiger partial charge in [0.25, 0.3) is 5.91 Å². The zero-order chi connectivity index (χ0) is 15.7. The first kappa shape index (κ1) is 14.8. The maximum absolute atomic E-state index is 12.7. The third kappa shape index (κ3) is 2.78. The predicted octanol–water partition coefficient (Wildman–Crippen LogP) is 3.44. The summed E-state index contributed by atoms with van der Waals surface area (Å²) in [6.07, 6.45) is 6.04. The maximum Gasteiger partial charge on any atom is 0.254 e. The first-order valence-electron chi connectivity index (χ1n) is 7.99. The highest BCUT2D eigenvalue weighted by Crippen LogP contribution is 2.25. The molecule has 1 atom stereocenters. The largest absolute Gasteiger partial charge is 0.335 e. The average Bonchev–Trinajstić information content (AvgIpc) is 3.15. The molecule has 0 radical (unpaired) electrons. The first-order chi connectivity index (χ1) is 10.6. The molecule has 1 aliphatic heterocycles. The van der Waals surface area contributed by atoms with Gasteiger partial charge >= 0.3 is 0 Å². The molecule has 0 N–H and O–H groups in total. The first-order valence-corrected chi connectivity index (χ1v) is 7.99. The van der Waals surface area contributed by atoms with Crippen LogP contribution in [-0.4, -0.2) is 33.2 Å². The average molecular weight is 297 g/mol. The number of benzene rings is 1. The topological polar surface area (TPSA) is 38.1 Å². The molecule has 1 saturated heterocycles. The third-order valence-corrected chi connectivity index (χ3v) is 4.42. The third-order valence-electron chi connectivity index (χ3n) is 4.42. The van der Waals surface area contributed by atoms with Crippen molar-refractivity contribution in [2.45, 2.75) is 39.7 Å². The van der Waals surface area contributed by atoms with E-state index in [0.29, 0.717) is 12.0 Å². The lowest BCUT2D eigenvalue weighted by Gasteiger charge is -2.27. The van der Waals surface area contributed by atoms with Gasteiger partial charge in [0, 0.05) is 24.3 Å². The van der Waals surface area contributed by atoms with Gasteiger partial charge in [-0.3, -0.25) is 4.79 Å². The van der Waals surface area contributed by atoms with E-state index in [1.165, 1.54) is 0 Å². The van der Waals surface area contributed by atoms with Crippen molar-refractivity contribution in [3.8, 4) is 5.69 Å². The van der Waals surface area contributed by atoms with Gasteiger partial charge in [0.15, 0.2) is 0 Å². The molecular formula is C18H23N3O. The number of aryl methyl sites for hydroxylation is 1. The molecule has 4 heteroatoms. The van der Waals surface area contributed by atoms with E-state index in [4.69, 9.17) is 0 Å². The number of likely N-dealkylation sites (tertiary alicyclic amines) is 1. The van der Waals surface area contributed by atoms with Crippen molar-refractivity contribution in [2.75, 3.05) is 6.54 Å². The van der Waals surface area contributed by atoms with Crippen molar-refractivity contribution < 1.29 is 4.79 Å². The van der Waals surface area contributed by atoms with Crippen LogP contribution < -0.4 is 0 Å². The quantitative estimate of drug-likeness (QED) is 0.870. The number of carbonyl (C=O) groups is 1. The summed E-state index contributed by atoms with van der Waals surface area (Å²) in [5.41, 5.74) is 2.86. The number of rotatable bonds is 3. The molecule has 1 amide bonds. The lowest BCUT2D eigenvalue weighted by atomic mass is 10.0. The van der Waals surface area contributed by atoms with Crippen LogP contribution in [0.4, 0.5) is 0 Å². The number of hydrogen-bond acceptors (Lipinski definition) is 2. The Kier molecular flexibility index (Phi) is 4.01. The van der Waals surface area contributed by atoms with Crippen molar-refractivity contribution >= 4 is 5.91 Å². The number of nitrogens with zero attached hydrogens (tertiary/aromatic N) is 3. The number of aromatic nitrogens is 2. The van der Waals surface area contributed by atoms with Gasteiger partial charge in [-0.15, -0.1) is 0 Å². The highest BCUT2D eigenvalue weighted by molar-refractivity contribution is 5.94. The van der Waals surface area contributed by atoms with Crippen LogP contribution in [0, 0.1) is 12.8 Å². The van der Waals surface area contributed by atoms with Crippen LogP contribution >= 0.6 is 0 Å². The molecule has 4 nitrogen and oxygen atoms in total. The number of carbonyl (C=O) groups excluding carboxylic acids is 1. The molecule has 0 aliphatic carbocycles. The van der Waals surface area contributed by atoms with Crippen LogP contribution in [0.15, 0.2) is 36.7 Å². The molecule has 1 aliphatic rings. The Hall–Kier alpha value is -2.10. The van der Waals surface area contributed by atoms with Gasteiger partial charge in [0.2, 0.25) is 0 Å². The Bertz CT molecular complexity index is 657. The van der Waals surface area contributed by atoms with Gasteiger partial charge in [-0.1, -0.05) is 13.8 Å². The molecule has 116 valence electrons. The van der Waals surface area contributed by atoms with Crippen molar-refractivity contribution in [3.63, 3.8) is 0 Å². The zero-order valence-electron chi connectivity index (χ0n) is 13.5. The zero-order valence-corrected chi connectivity index (χ0v) is 13.5. The van der Waals surface area contributed by atoms with E-state index in [2.05, 4.69) is 18.9 Å². The minimum Gasteiger partial charge on any atom is -0.335 e. The Morgan fingerprint density at radius 2 is 2.00 bits per heavy atom. The molecule has 2 aromatic rings. The molecule has 22 heavy (non-hydrogen) atoms. The van der Waals surface area contributed by atoms with E-state index in [-0.39, 0.29) is 5.91 Å². The van der Waals surface area contributed by atoms with Crippen LogP contribution in [0.5, 0.6) is 0 Å². The van der Waals surface area contributed by atoms with Gasteiger partial charge in [-0.05, 0) is 55.5 Å². The summed E-state index contributed by atoms with van der Waals surface area (Å²) < 4.78 is 1.83. The smallest absolute Gasteiger partial charge is 0.254 e. The molecule has 0 spiro atoms. The van der Waals surface area contributed by atoms with Gasteiger partial charge in [-0.2, -0.15) is 5.10 Å². The molecule has 0 unspecified atom stereocenters. The fraction of sp³-hybridized carbons (Fsp3) is 0.444. The highest BCUT2D eigenvalue weighted by Gasteiger charge is 2.31. The summed E-state index contributed by atoms with van der Waals surface area (Å²) in [7, 11) is 0. The predicted molar refractivity (Wildman–Crippen MR) is 87.2 cm³/mol. The van der Waals surface area contributed by atoms with E-state index in [9.17, 15) is 4.79 Å². The Morgan fingerprint density at radius 3 is 2.59 bits per heavy atom. The van der Waals surface area contributed by atoms with Crippen LogP contribution in [0.2, 0.25) is 0 Å². The van der Waals surface area contributed by atoms with E-state index in [1.54, 1.807) is 0 Å². The Morgan fingerprint density at radius 1 is 1.27 bits per heavy atom. The summed E-state index contributed by atoms with van der Waals surface area (Å²) in [4.78, 5) is 14.8. The van der Waals surface area contributed by atoms with Gasteiger partial charge in [-0.25, -0.2) is 4.68 Å². The van der Waals surface area contributed by atoms with Crippen LogP contribution in [0.3, 0.4) is 0 Å². The van der Waals surface area contributed by atoms with Crippen molar-refractivity contribution in [1.29, 1.82) is 0 Å². The second-order valence-electron chi connectivity index (χ2n) is 6.46. The lowest BCUT2D eigenvalue weighted by molar-refractivity contribution is 0.0701. The lowest BCUT2D eigenvalue weighted by Crippen LogP contribution is -2.38. The Labute approximate surface area is 131 Å². The van der Waals surface area contributed by atoms with Gasteiger partial charge < -0.3 is 4.90 Å². The summed E-state index contributed by atoms with van der Waals surface area (Å²) in [6, 6.07) is 8.11. The second kappa shape index (κ2) is 5.95. The molecule has 1 aromatic carbocycles. The van der Waals surface area contributed by atoms with E-state index < -0.39 is 0 Å². The van der Waals surface area contributed by atoms with Crippen molar-refractivity contribution in [1.82, 2.24) is 14.7 Å². The monoisotopic (exact) mass is 297 g/mol. The fourth-order valence-corrected chi connectivity index (χ4v) is 3.21. The minimum atomic E-state index is 0.152. The molecule has 0 saturated carbocycles. The highest BCUT2D eigenvalue weighted by atomic mass is 16.2. The van der Waals surface area contributed by atoms with Gasteiger partial charge in [0.1, 0.15) is 0 Å². The Balaban J connectivity index is 1.79. The normalized spacial score (nSPS) is 18.2. The van der Waals surface area contributed by atoms with Gasteiger partial charge in [0.05, 0.1) is 11.9 Å². The molecule has 0 bridgehead atoms. The molecular weight excluding hydrogens is 274 g/mol. The molecule has 1 fully saturated rings. The summed E-state index contributed by atoms with van der Waals surface area (Å²) in [5, 5.41) is 4.29. The summed E-state index contributed by atoms with van der Waals surface area (Å²) >= 11 is 0. The molecule has 1 aromatic heterocycles. The van der Waals surface area contributed by atoms with Crippen molar-refractivity contribution in [3.05, 3.63) is 47.8 Å². The van der Waals surface area contributed by atoms with E-state index >= 15 is 0 Å². The SMILES string of the molecule is Cc1cnn(-c2ccc(C(=O)N3CCC[C@H]3C(C)C)cc2)c1. The number of hydrogen-bond donors (Lipinski definition) is 0. The molecule has 3 rings (SSSR count). The second-order valence-corrected chi connectivity index (χ2v) is 6.46. The fourth-order valence-electron chi connectivity index (χ4n) is 3.21. The molecule has 2 heterocycles. The standard InChI is InChI=1S/C18H23N3O/c1-13(2)17-5-4-10-20(17)18(22)15-6-8-16(9-7-15)21-12-14(3)11-19-21/h6-9,11-13,17H,4-5,10H2,1-3H3/t17-/m0/s1. The van der Waals surface area contributed by atoms with Crippen LogP contribution in [0.25, 0.3) is 5.69 Å². The summed E-state index contributed by atoms with van der Waals surface area (Å²) in [6.45, 7) is 7.28. The van der Waals surface area contributed by atoms with Crippen molar-refractivity contribution in [2.24, 2.45) is 5.92 Å². The van der Waals surface area contributed by atoms with E-state index in [0.717, 1.165) is 36.2 Å². The van der Waals surface area contributed by atoms with E-state index in [1.807, 2.05) is 53.2 Å². The summed E-state index contributed by atoms with van der Waals surface area (Å²) in [5.74, 6) is 0.664. The number of amides is 1. The minimum absolute atomic E-state index is 0.152. The maximum atomic E-state index is 12.7. The van der Waals surface area contributed by atoms with Crippen LogP contribution in [0.1, 0.15) is 42.6 Å². The van der Waals surface area contributed by atoms with Crippen LogP contribution in [-0.2, 0) is 0 Å².